The van der Waals surface area contributed by atoms with E-state index in [4.69, 9.17) is 22.3 Å². The summed E-state index contributed by atoms with van der Waals surface area (Å²) in [7, 11) is 0. The van der Waals surface area contributed by atoms with E-state index in [0.29, 0.717) is 27.7 Å². The largest absolute Gasteiger partial charge is 0.392 e. The van der Waals surface area contributed by atoms with Crippen LogP contribution in [-0.4, -0.2) is 38.0 Å². The van der Waals surface area contributed by atoms with Gasteiger partial charge in [-0.2, -0.15) is 0 Å². The Morgan fingerprint density at radius 2 is 1.95 bits per heavy atom. The molecule has 2 aromatic carbocycles. The molecule has 5 rings (SSSR count). The molecule has 4 N–H and O–H groups in total. The number of aliphatic hydroxyl groups is 1. The monoisotopic (exact) mass is 558 g/mol. The average molecular weight is 559 g/mol. The number of nitrogens with two attached hydrogens (primary N) is 1. The second kappa shape index (κ2) is 11.1. The summed E-state index contributed by atoms with van der Waals surface area (Å²) in [6, 6.07) is 12.2. The van der Waals surface area contributed by atoms with Gasteiger partial charge in [0.2, 0.25) is 5.91 Å². The van der Waals surface area contributed by atoms with Gasteiger partial charge in [0.15, 0.2) is 5.82 Å². The Morgan fingerprint density at radius 3 is 2.67 bits per heavy atom. The van der Waals surface area contributed by atoms with Crippen molar-refractivity contribution in [2.45, 2.75) is 39.8 Å². The Kier molecular flexibility index (Phi) is 7.64. The van der Waals surface area contributed by atoms with E-state index in [0.717, 1.165) is 33.2 Å². The van der Waals surface area contributed by atoms with Crippen molar-refractivity contribution in [1.82, 2.24) is 14.8 Å². The van der Waals surface area contributed by atoms with Crippen molar-refractivity contribution in [1.29, 1.82) is 0 Å². The standard InChI is InChI=1S/C29H27ClN6O2S/c1-16-17(2)39-29-26(16)27(19-6-9-22(30)10-7-19)33-24(28-35-34-18(3)36(28)29)14-25(38)32-23-11-8-21(15-37)20(13-23)5-4-12-31/h6-11,13,24,37H,12,14-15,31H2,1-3H3,(H,32,38)/t24-/m0/s1. The minimum atomic E-state index is -0.579. The lowest BCUT2D eigenvalue weighted by Crippen LogP contribution is -2.17. The maximum absolute atomic E-state index is 13.4. The zero-order chi connectivity index (χ0) is 27.7. The molecule has 4 aromatic rings. The molecule has 1 aliphatic rings. The molecule has 0 radical (unpaired) electrons. The number of aliphatic hydroxyl groups excluding tert-OH is 1. The smallest absolute Gasteiger partial charge is 0.227 e. The van der Waals surface area contributed by atoms with E-state index < -0.39 is 6.04 Å². The van der Waals surface area contributed by atoms with E-state index in [2.05, 4.69) is 41.2 Å². The number of nitrogens with one attached hydrogen (secondary N) is 1. The van der Waals surface area contributed by atoms with Crippen molar-refractivity contribution in [3.8, 4) is 16.8 Å². The molecule has 2 aromatic heterocycles. The van der Waals surface area contributed by atoms with Gasteiger partial charge in [-0.25, -0.2) is 0 Å². The second-order valence-corrected chi connectivity index (χ2v) is 10.8. The summed E-state index contributed by atoms with van der Waals surface area (Å²) in [6.45, 7) is 6.12. The van der Waals surface area contributed by atoms with Gasteiger partial charge >= 0.3 is 0 Å². The molecular formula is C29H27ClN6O2S. The van der Waals surface area contributed by atoms with Crippen molar-refractivity contribution in [2.75, 3.05) is 11.9 Å². The maximum atomic E-state index is 13.4. The first-order chi connectivity index (χ1) is 18.8. The number of rotatable bonds is 5. The van der Waals surface area contributed by atoms with E-state index in [1.165, 1.54) is 4.88 Å². The van der Waals surface area contributed by atoms with E-state index in [1.54, 1.807) is 29.5 Å². The van der Waals surface area contributed by atoms with Gasteiger partial charge < -0.3 is 16.2 Å². The molecular weight excluding hydrogens is 532 g/mol. The molecule has 0 aliphatic carbocycles. The summed E-state index contributed by atoms with van der Waals surface area (Å²) in [4.78, 5) is 19.7. The number of hydrogen-bond acceptors (Lipinski definition) is 7. The van der Waals surface area contributed by atoms with Crippen molar-refractivity contribution < 1.29 is 9.90 Å². The van der Waals surface area contributed by atoms with Gasteiger partial charge in [-0.1, -0.05) is 41.6 Å². The molecule has 8 nitrogen and oxygen atoms in total. The van der Waals surface area contributed by atoms with Crippen LogP contribution in [0.15, 0.2) is 47.5 Å². The van der Waals surface area contributed by atoms with Gasteiger partial charge in [-0.3, -0.25) is 14.4 Å². The van der Waals surface area contributed by atoms with Crippen molar-refractivity contribution in [2.24, 2.45) is 10.7 Å². The van der Waals surface area contributed by atoms with E-state index in [-0.39, 0.29) is 25.5 Å². The topological polar surface area (TPSA) is 118 Å². The lowest BCUT2D eigenvalue weighted by atomic mass is 9.99. The highest BCUT2D eigenvalue weighted by Crippen LogP contribution is 2.39. The van der Waals surface area contributed by atoms with Crippen LogP contribution in [0.4, 0.5) is 5.69 Å². The highest BCUT2D eigenvalue weighted by molar-refractivity contribution is 7.15. The summed E-state index contributed by atoms with van der Waals surface area (Å²) in [5.74, 6) is 6.85. The summed E-state index contributed by atoms with van der Waals surface area (Å²) < 4.78 is 2.01. The fourth-order valence-corrected chi connectivity index (χ4v) is 5.91. The van der Waals surface area contributed by atoms with Crippen LogP contribution >= 0.6 is 22.9 Å². The van der Waals surface area contributed by atoms with Crippen LogP contribution in [0.5, 0.6) is 0 Å². The number of amides is 1. The number of thiophene rings is 1. The van der Waals surface area contributed by atoms with E-state index in [9.17, 15) is 9.90 Å². The number of hydrogen-bond donors (Lipinski definition) is 3. The summed E-state index contributed by atoms with van der Waals surface area (Å²) in [5.41, 5.74) is 11.2. The maximum Gasteiger partial charge on any atom is 0.227 e. The summed E-state index contributed by atoms with van der Waals surface area (Å²) in [5, 5.41) is 23.0. The molecule has 0 saturated carbocycles. The Hall–Kier alpha value is -3.81. The molecule has 1 aliphatic heterocycles. The number of carbonyl (C=O) groups excluding carboxylic acids is 1. The number of halogens is 1. The highest BCUT2D eigenvalue weighted by Gasteiger charge is 2.32. The van der Waals surface area contributed by atoms with Gasteiger partial charge in [0, 0.05) is 32.3 Å². The van der Waals surface area contributed by atoms with E-state index in [1.807, 2.05) is 35.8 Å². The molecule has 0 spiro atoms. The SMILES string of the molecule is Cc1sc2c(c1C)C(c1ccc(Cl)cc1)=N[C@@H](CC(=O)Nc1ccc(CO)c(C#CCN)c1)c1nnc(C)n1-2. The van der Waals surface area contributed by atoms with Crippen molar-refractivity contribution in [3.05, 3.63) is 91.8 Å². The Bertz CT molecular complexity index is 1660. The second-order valence-electron chi connectivity index (χ2n) is 9.19. The Balaban J connectivity index is 1.55. The fourth-order valence-electron chi connectivity index (χ4n) is 4.57. The first kappa shape index (κ1) is 26.8. The van der Waals surface area contributed by atoms with Crippen LogP contribution in [0.2, 0.25) is 5.02 Å². The average Bonchev–Trinajstić information content (AvgIpc) is 3.40. The zero-order valence-corrected chi connectivity index (χ0v) is 23.3. The number of aryl methyl sites for hydroxylation is 2. The number of fused-ring (bicyclic) bond motifs is 3. The lowest BCUT2D eigenvalue weighted by Gasteiger charge is -2.14. The first-order valence-corrected chi connectivity index (χ1v) is 13.6. The first-order valence-electron chi connectivity index (χ1n) is 12.4. The van der Waals surface area contributed by atoms with Crippen LogP contribution in [0, 0.1) is 32.6 Å². The van der Waals surface area contributed by atoms with Gasteiger partial charge in [0.05, 0.1) is 25.3 Å². The Morgan fingerprint density at radius 1 is 1.18 bits per heavy atom. The number of carbonyl (C=O) groups is 1. The van der Waals surface area contributed by atoms with Gasteiger partial charge in [0.25, 0.3) is 0 Å². The third kappa shape index (κ3) is 5.24. The minimum absolute atomic E-state index is 0.0494. The van der Waals surface area contributed by atoms with Crippen LogP contribution < -0.4 is 11.1 Å². The van der Waals surface area contributed by atoms with E-state index >= 15 is 0 Å². The molecule has 1 atom stereocenters. The zero-order valence-electron chi connectivity index (χ0n) is 21.7. The quantitative estimate of drug-likeness (QED) is 0.309. The molecule has 1 amide bonds. The van der Waals surface area contributed by atoms with Crippen LogP contribution in [0.25, 0.3) is 5.00 Å². The summed E-state index contributed by atoms with van der Waals surface area (Å²) in [6.07, 6.45) is 0.0494. The van der Waals surface area contributed by atoms with Crippen LogP contribution in [0.1, 0.15) is 56.8 Å². The van der Waals surface area contributed by atoms with Crippen molar-refractivity contribution >= 4 is 40.2 Å². The third-order valence-corrected chi connectivity index (χ3v) is 8.07. The fraction of sp³-hybridized carbons (Fsp3) is 0.241. The lowest BCUT2D eigenvalue weighted by molar-refractivity contribution is -0.116. The number of aliphatic imine (C=N–C) groups is 1. The Labute approximate surface area is 235 Å². The summed E-state index contributed by atoms with van der Waals surface area (Å²) >= 11 is 7.85. The predicted molar refractivity (Wildman–Crippen MR) is 155 cm³/mol. The molecule has 10 heteroatoms. The minimum Gasteiger partial charge on any atom is -0.392 e. The highest BCUT2D eigenvalue weighted by atomic mass is 35.5. The third-order valence-electron chi connectivity index (χ3n) is 6.62. The molecule has 0 unspecified atom stereocenters. The van der Waals surface area contributed by atoms with Crippen molar-refractivity contribution in [3.63, 3.8) is 0 Å². The number of anilines is 1. The van der Waals surface area contributed by atoms with Crippen LogP contribution in [0.3, 0.4) is 0 Å². The molecule has 0 bridgehead atoms. The predicted octanol–water partition coefficient (Wildman–Crippen LogP) is 4.63. The molecule has 0 saturated heterocycles. The van der Waals surface area contributed by atoms with Crippen LogP contribution in [-0.2, 0) is 11.4 Å². The molecule has 0 fully saturated rings. The number of aromatic nitrogens is 3. The normalized spacial score (nSPS) is 14.0. The number of nitrogens with zero attached hydrogens (tertiary/aromatic N) is 4. The van der Waals surface area contributed by atoms with Gasteiger partial charge in [-0.15, -0.1) is 21.5 Å². The van der Waals surface area contributed by atoms with Gasteiger partial charge in [-0.05, 0) is 56.2 Å². The molecule has 198 valence electrons. The molecule has 3 heterocycles. The molecule has 39 heavy (non-hydrogen) atoms. The van der Waals surface area contributed by atoms with Gasteiger partial charge in [0.1, 0.15) is 16.9 Å². The number of benzene rings is 2.